The average Bonchev–Trinajstić information content (AvgIpc) is 2.81. The van der Waals surface area contributed by atoms with E-state index in [-0.39, 0.29) is 32.4 Å². The first-order valence-corrected chi connectivity index (χ1v) is 7.44. The molecule has 0 aromatic heterocycles. The molecule has 2 aromatic carbocycles. The van der Waals surface area contributed by atoms with Crippen LogP contribution in [0.4, 0.5) is 8.78 Å². The molecule has 0 spiro atoms. The van der Waals surface area contributed by atoms with Crippen molar-refractivity contribution in [2.45, 2.75) is 0 Å². The van der Waals surface area contributed by atoms with Crippen LogP contribution in [0.5, 0.6) is 11.5 Å². The summed E-state index contributed by atoms with van der Waals surface area (Å²) in [5.74, 6) is -1.88. The van der Waals surface area contributed by atoms with E-state index >= 15 is 0 Å². The highest BCUT2D eigenvalue weighted by Gasteiger charge is 2.25. The Kier molecular flexibility index (Phi) is 3.54. The van der Waals surface area contributed by atoms with E-state index in [1.807, 2.05) is 0 Å². The minimum atomic E-state index is -1.76. The zero-order chi connectivity index (χ0) is 15.9. The normalized spacial score (nSPS) is 14.8. The van der Waals surface area contributed by atoms with Crippen molar-refractivity contribution in [3.05, 3.63) is 71.3 Å². The molecule has 2 aromatic rings. The monoisotopic (exact) mass is 320 g/mol. The van der Waals surface area contributed by atoms with Gasteiger partial charge in [0.05, 0.1) is 20.6 Å². The molecular weight excluding hydrogens is 310 g/mol. The fourth-order valence-electron chi connectivity index (χ4n) is 2.18. The summed E-state index contributed by atoms with van der Waals surface area (Å²) >= 11 is 0. The summed E-state index contributed by atoms with van der Waals surface area (Å²) in [6.45, 7) is 0. The molecule has 3 nitrogen and oxygen atoms in total. The number of halogens is 2. The topological polar surface area (TPSA) is 57.5 Å². The van der Waals surface area contributed by atoms with Crippen LogP contribution in [0.1, 0.15) is 11.1 Å². The predicted octanol–water partition coefficient (Wildman–Crippen LogP) is 3.52. The molecule has 1 aliphatic rings. The number of hydrogen-bond donors (Lipinski definition) is 2. The molecule has 0 fully saturated rings. The van der Waals surface area contributed by atoms with E-state index in [1.54, 1.807) is 0 Å². The van der Waals surface area contributed by atoms with E-state index in [1.165, 1.54) is 36.4 Å². The lowest BCUT2D eigenvalue weighted by Crippen LogP contribution is -1.98. The molecule has 112 valence electrons. The van der Waals surface area contributed by atoms with Crippen molar-refractivity contribution in [3.8, 4) is 11.5 Å². The third kappa shape index (κ3) is 2.42. The van der Waals surface area contributed by atoms with Gasteiger partial charge in [0.1, 0.15) is 23.1 Å². The van der Waals surface area contributed by atoms with Crippen LogP contribution >= 0.6 is 0 Å². The van der Waals surface area contributed by atoms with Gasteiger partial charge < -0.3 is 10.2 Å². The van der Waals surface area contributed by atoms with Crippen LogP contribution in [0.3, 0.4) is 0 Å². The molecule has 2 N–H and O–H groups in total. The SMILES string of the molecule is O=S1C(c2ccc(O)cc2F)=CC=C1c1ccc(O)cc1F. The summed E-state index contributed by atoms with van der Waals surface area (Å²) in [5, 5.41) is 18.4. The molecule has 22 heavy (non-hydrogen) atoms. The van der Waals surface area contributed by atoms with Gasteiger partial charge in [-0.2, -0.15) is 0 Å². The zero-order valence-corrected chi connectivity index (χ0v) is 11.9. The molecule has 0 aliphatic carbocycles. The number of hydrogen-bond acceptors (Lipinski definition) is 3. The highest BCUT2D eigenvalue weighted by Crippen LogP contribution is 2.37. The summed E-state index contributed by atoms with van der Waals surface area (Å²) in [6.07, 6.45) is 2.90. The molecule has 0 atom stereocenters. The fraction of sp³-hybridized carbons (Fsp3) is 0. The largest absolute Gasteiger partial charge is 0.508 e. The first kappa shape index (κ1) is 14.5. The second-order valence-corrected chi connectivity index (χ2v) is 6.08. The second-order valence-electron chi connectivity index (χ2n) is 4.66. The molecule has 0 amide bonds. The summed E-state index contributed by atoms with van der Waals surface area (Å²) < 4.78 is 40.2. The van der Waals surface area contributed by atoms with Gasteiger partial charge in [0.2, 0.25) is 0 Å². The van der Waals surface area contributed by atoms with E-state index in [2.05, 4.69) is 0 Å². The van der Waals surface area contributed by atoms with E-state index in [0.717, 1.165) is 12.1 Å². The quantitative estimate of drug-likeness (QED) is 0.890. The first-order valence-electron chi connectivity index (χ1n) is 6.29. The van der Waals surface area contributed by atoms with Crippen molar-refractivity contribution in [2.75, 3.05) is 0 Å². The number of allylic oxidation sites excluding steroid dienone is 2. The Morgan fingerprint density at radius 3 is 1.55 bits per heavy atom. The van der Waals surface area contributed by atoms with Crippen LogP contribution < -0.4 is 0 Å². The summed E-state index contributed by atoms with van der Waals surface area (Å²) in [6, 6.07) is 7.06. The Labute approximate surface area is 127 Å². The summed E-state index contributed by atoms with van der Waals surface area (Å²) in [5.41, 5.74) is 0.170. The number of phenols is 2. The van der Waals surface area contributed by atoms with Crippen molar-refractivity contribution in [1.82, 2.24) is 0 Å². The molecule has 1 aliphatic heterocycles. The average molecular weight is 320 g/mol. The highest BCUT2D eigenvalue weighted by atomic mass is 32.2. The molecule has 0 radical (unpaired) electrons. The second kappa shape index (κ2) is 5.38. The van der Waals surface area contributed by atoms with E-state index in [0.29, 0.717) is 0 Å². The van der Waals surface area contributed by atoms with Gasteiger partial charge >= 0.3 is 0 Å². The van der Waals surface area contributed by atoms with Crippen LogP contribution in [0.25, 0.3) is 9.81 Å². The molecule has 0 unspecified atom stereocenters. The Morgan fingerprint density at radius 1 is 0.773 bits per heavy atom. The highest BCUT2D eigenvalue weighted by molar-refractivity contribution is 8.03. The van der Waals surface area contributed by atoms with Crippen molar-refractivity contribution >= 4 is 20.6 Å². The van der Waals surface area contributed by atoms with Gasteiger partial charge in [-0.25, -0.2) is 13.0 Å². The molecule has 6 heteroatoms. The third-order valence-electron chi connectivity index (χ3n) is 3.22. The Hall–Kier alpha value is -2.47. The Morgan fingerprint density at radius 2 is 1.18 bits per heavy atom. The fourth-order valence-corrected chi connectivity index (χ4v) is 3.53. The van der Waals surface area contributed by atoms with Gasteiger partial charge in [-0.3, -0.25) is 0 Å². The minimum absolute atomic E-state index is 0.0848. The minimum Gasteiger partial charge on any atom is -0.508 e. The van der Waals surface area contributed by atoms with Gasteiger partial charge in [-0.05, 0) is 36.4 Å². The number of benzene rings is 2. The molecule has 3 rings (SSSR count). The lowest BCUT2D eigenvalue weighted by Gasteiger charge is -2.08. The van der Waals surface area contributed by atoms with E-state index in [4.69, 9.17) is 0 Å². The molecule has 0 saturated heterocycles. The summed E-state index contributed by atoms with van der Waals surface area (Å²) in [7, 11) is -1.76. The van der Waals surface area contributed by atoms with Crippen LogP contribution in [-0.2, 0) is 10.8 Å². The Bertz CT molecular complexity index is 787. The number of aromatic hydroxyl groups is 2. The Balaban J connectivity index is 1.97. The van der Waals surface area contributed by atoms with E-state index in [9.17, 15) is 23.2 Å². The van der Waals surface area contributed by atoms with Crippen molar-refractivity contribution in [3.63, 3.8) is 0 Å². The van der Waals surface area contributed by atoms with Gasteiger partial charge in [-0.15, -0.1) is 0 Å². The van der Waals surface area contributed by atoms with Gasteiger partial charge in [0.15, 0.2) is 0 Å². The van der Waals surface area contributed by atoms with Crippen molar-refractivity contribution in [1.29, 1.82) is 0 Å². The van der Waals surface area contributed by atoms with Crippen LogP contribution in [0.15, 0.2) is 48.6 Å². The van der Waals surface area contributed by atoms with Crippen molar-refractivity contribution < 1.29 is 23.2 Å². The molecular formula is C16H10F2O3S. The van der Waals surface area contributed by atoms with E-state index < -0.39 is 22.4 Å². The first-order chi connectivity index (χ1) is 10.5. The number of rotatable bonds is 2. The third-order valence-corrected chi connectivity index (χ3v) is 4.73. The molecule has 0 bridgehead atoms. The van der Waals surface area contributed by atoms with Gasteiger partial charge in [0.25, 0.3) is 0 Å². The van der Waals surface area contributed by atoms with Crippen LogP contribution in [0.2, 0.25) is 0 Å². The van der Waals surface area contributed by atoms with Crippen LogP contribution in [0, 0.1) is 11.6 Å². The lowest BCUT2D eigenvalue weighted by atomic mass is 10.1. The van der Waals surface area contributed by atoms with Crippen molar-refractivity contribution in [2.24, 2.45) is 0 Å². The standard InChI is InChI=1S/C16H10F2O3S/c17-13-7-9(19)1-3-11(13)15-5-6-16(22(15)21)12-4-2-10(20)8-14(12)18/h1-8,19-20H. The summed E-state index contributed by atoms with van der Waals surface area (Å²) in [4.78, 5) is 0.389. The maximum Gasteiger partial charge on any atom is 0.135 e. The van der Waals surface area contributed by atoms with Gasteiger partial charge in [-0.1, -0.05) is 0 Å². The zero-order valence-electron chi connectivity index (χ0n) is 11.1. The molecule has 1 heterocycles. The smallest absolute Gasteiger partial charge is 0.135 e. The maximum atomic E-state index is 13.9. The number of phenolic OH excluding ortho intramolecular Hbond substituents is 2. The lowest BCUT2D eigenvalue weighted by molar-refractivity contribution is 0.468. The predicted molar refractivity (Wildman–Crippen MR) is 80.2 cm³/mol. The molecule has 0 saturated carbocycles. The maximum absolute atomic E-state index is 13.9. The van der Waals surface area contributed by atoms with Gasteiger partial charge in [0, 0.05) is 23.3 Å². The van der Waals surface area contributed by atoms with Crippen LogP contribution in [-0.4, -0.2) is 14.4 Å².